The van der Waals surface area contributed by atoms with Crippen LogP contribution in [0.2, 0.25) is 0 Å². The average Bonchev–Trinajstić information content (AvgIpc) is 2.80. The summed E-state index contributed by atoms with van der Waals surface area (Å²) < 4.78 is 25.2. The van der Waals surface area contributed by atoms with E-state index in [0.29, 0.717) is 5.56 Å². The lowest BCUT2D eigenvalue weighted by Gasteiger charge is -2.18. The van der Waals surface area contributed by atoms with Gasteiger partial charge in [-0.15, -0.1) is 0 Å². The Bertz CT molecular complexity index is 807. The molecule has 0 spiro atoms. The van der Waals surface area contributed by atoms with Crippen molar-refractivity contribution in [3.8, 4) is 11.5 Å². The molecule has 0 aliphatic heterocycles. The maximum Gasteiger partial charge on any atom is 0.508 e. The van der Waals surface area contributed by atoms with Crippen LogP contribution in [0.1, 0.15) is 46.1 Å². The van der Waals surface area contributed by atoms with E-state index in [1.807, 2.05) is 13.8 Å². The SMILES string of the molecule is CCC(=O)Oc1ccc(C[C@H](NCCOC(=O)OCC(C)C)C(=O)OC)cc1OC(=O)CC. The number of ether oxygens (including phenoxy) is 5. The van der Waals surface area contributed by atoms with Crippen LogP contribution in [-0.2, 0) is 35.0 Å². The van der Waals surface area contributed by atoms with Crippen LogP contribution in [0.25, 0.3) is 0 Å². The minimum Gasteiger partial charge on any atom is -0.468 e. The molecule has 184 valence electrons. The van der Waals surface area contributed by atoms with Gasteiger partial charge in [0.25, 0.3) is 0 Å². The minimum atomic E-state index is -0.778. The van der Waals surface area contributed by atoms with Gasteiger partial charge in [-0.2, -0.15) is 0 Å². The molecule has 1 rings (SSSR count). The lowest BCUT2D eigenvalue weighted by molar-refractivity contribution is -0.143. The molecule has 0 fully saturated rings. The quantitative estimate of drug-likeness (QED) is 0.263. The summed E-state index contributed by atoms with van der Waals surface area (Å²) in [6.45, 7) is 7.54. The summed E-state index contributed by atoms with van der Waals surface area (Å²) >= 11 is 0. The highest BCUT2D eigenvalue weighted by Crippen LogP contribution is 2.30. The summed E-state index contributed by atoms with van der Waals surface area (Å²) in [4.78, 5) is 47.2. The second kappa shape index (κ2) is 14.8. The van der Waals surface area contributed by atoms with Gasteiger partial charge in [0.1, 0.15) is 12.6 Å². The van der Waals surface area contributed by atoms with Crippen LogP contribution < -0.4 is 14.8 Å². The highest BCUT2D eigenvalue weighted by molar-refractivity contribution is 5.77. The zero-order valence-corrected chi connectivity index (χ0v) is 19.8. The van der Waals surface area contributed by atoms with Gasteiger partial charge in [0, 0.05) is 19.4 Å². The fourth-order valence-corrected chi connectivity index (χ4v) is 2.49. The molecule has 1 aromatic rings. The first-order valence-electron chi connectivity index (χ1n) is 10.8. The maximum atomic E-state index is 12.2. The summed E-state index contributed by atoms with van der Waals surface area (Å²) in [6.07, 6.45) is -0.301. The van der Waals surface area contributed by atoms with E-state index in [1.54, 1.807) is 19.9 Å². The van der Waals surface area contributed by atoms with Gasteiger partial charge >= 0.3 is 24.1 Å². The van der Waals surface area contributed by atoms with E-state index in [1.165, 1.54) is 19.2 Å². The second-order valence-corrected chi connectivity index (χ2v) is 7.47. The van der Waals surface area contributed by atoms with Crippen LogP contribution in [0.5, 0.6) is 11.5 Å². The van der Waals surface area contributed by atoms with Crippen LogP contribution in [0.15, 0.2) is 18.2 Å². The molecule has 0 amide bonds. The molecule has 0 bridgehead atoms. The standard InChI is InChI=1S/C23H33NO9/c1-6-20(25)32-18-9-8-16(13-19(18)33-21(26)7-2)12-17(22(27)29-5)24-10-11-30-23(28)31-14-15(3)4/h8-9,13,15,17,24H,6-7,10-12,14H2,1-5H3/t17-/m0/s1. The smallest absolute Gasteiger partial charge is 0.468 e. The number of rotatable bonds is 13. The predicted molar refractivity (Wildman–Crippen MR) is 118 cm³/mol. The van der Waals surface area contributed by atoms with Gasteiger partial charge in [-0.3, -0.25) is 14.4 Å². The van der Waals surface area contributed by atoms with Gasteiger partial charge in [0.15, 0.2) is 11.5 Å². The first kappa shape index (κ1) is 27.9. The number of esters is 3. The zero-order valence-electron chi connectivity index (χ0n) is 19.8. The number of benzene rings is 1. The molecule has 1 atom stereocenters. The number of hydrogen-bond acceptors (Lipinski definition) is 10. The molecule has 0 aromatic heterocycles. The summed E-state index contributed by atoms with van der Waals surface area (Å²) in [7, 11) is 1.26. The van der Waals surface area contributed by atoms with E-state index in [9.17, 15) is 19.2 Å². The number of hydrogen-bond donors (Lipinski definition) is 1. The molecule has 33 heavy (non-hydrogen) atoms. The molecule has 0 heterocycles. The van der Waals surface area contributed by atoms with Crippen molar-refractivity contribution in [3.05, 3.63) is 23.8 Å². The maximum absolute atomic E-state index is 12.2. The molecule has 0 radical (unpaired) electrons. The summed E-state index contributed by atoms with van der Waals surface area (Å²) in [5.74, 6) is -1.10. The lowest BCUT2D eigenvalue weighted by atomic mass is 10.1. The first-order chi connectivity index (χ1) is 15.7. The molecular weight excluding hydrogens is 434 g/mol. The van der Waals surface area contributed by atoms with E-state index < -0.39 is 30.1 Å². The van der Waals surface area contributed by atoms with Crippen molar-refractivity contribution in [2.24, 2.45) is 5.92 Å². The van der Waals surface area contributed by atoms with Crippen LogP contribution in [-0.4, -0.2) is 57.0 Å². The number of carbonyl (C=O) groups excluding carboxylic acids is 4. The Labute approximate surface area is 193 Å². The molecule has 0 saturated carbocycles. The van der Waals surface area contributed by atoms with Crippen LogP contribution >= 0.6 is 0 Å². The Morgan fingerprint density at radius 2 is 1.58 bits per heavy atom. The highest BCUT2D eigenvalue weighted by Gasteiger charge is 2.21. The average molecular weight is 468 g/mol. The fourth-order valence-electron chi connectivity index (χ4n) is 2.49. The molecule has 10 heteroatoms. The van der Waals surface area contributed by atoms with E-state index in [-0.39, 0.29) is 56.4 Å². The molecule has 10 nitrogen and oxygen atoms in total. The van der Waals surface area contributed by atoms with Gasteiger partial charge in [0.05, 0.1) is 13.7 Å². The van der Waals surface area contributed by atoms with Crippen molar-refractivity contribution in [1.29, 1.82) is 0 Å². The van der Waals surface area contributed by atoms with Gasteiger partial charge < -0.3 is 29.0 Å². The Kier molecular flexibility index (Phi) is 12.5. The fraction of sp³-hybridized carbons (Fsp3) is 0.565. The van der Waals surface area contributed by atoms with Gasteiger partial charge in [-0.25, -0.2) is 4.79 Å². The minimum absolute atomic E-state index is 0.00427. The summed E-state index contributed by atoms with van der Waals surface area (Å²) in [6, 6.07) is 3.93. The third-order valence-corrected chi connectivity index (χ3v) is 4.21. The van der Waals surface area contributed by atoms with E-state index in [2.05, 4.69) is 5.32 Å². The molecule has 0 saturated heterocycles. The number of methoxy groups -OCH3 is 1. The summed E-state index contributed by atoms with van der Waals surface area (Å²) in [5.41, 5.74) is 0.630. The Morgan fingerprint density at radius 1 is 0.939 bits per heavy atom. The third-order valence-electron chi connectivity index (χ3n) is 4.21. The van der Waals surface area contributed by atoms with Crippen molar-refractivity contribution in [2.75, 3.05) is 26.9 Å². The highest BCUT2D eigenvalue weighted by atomic mass is 16.7. The lowest BCUT2D eigenvalue weighted by Crippen LogP contribution is -2.41. The first-order valence-corrected chi connectivity index (χ1v) is 10.8. The topological polar surface area (TPSA) is 126 Å². The Hall–Kier alpha value is -3.14. The molecule has 1 N–H and O–H groups in total. The monoisotopic (exact) mass is 467 g/mol. The predicted octanol–water partition coefficient (Wildman–Crippen LogP) is 2.80. The van der Waals surface area contributed by atoms with Gasteiger partial charge in [-0.1, -0.05) is 33.8 Å². The zero-order chi connectivity index (χ0) is 24.8. The molecule has 0 unspecified atom stereocenters. The van der Waals surface area contributed by atoms with Crippen molar-refractivity contribution in [1.82, 2.24) is 5.32 Å². The molecular formula is C23H33NO9. The van der Waals surface area contributed by atoms with Crippen molar-refractivity contribution in [3.63, 3.8) is 0 Å². The largest absolute Gasteiger partial charge is 0.508 e. The van der Waals surface area contributed by atoms with Crippen molar-refractivity contribution < 1.29 is 42.9 Å². The van der Waals surface area contributed by atoms with Crippen LogP contribution in [0.4, 0.5) is 4.79 Å². The van der Waals surface area contributed by atoms with Gasteiger partial charge in [-0.05, 0) is 30.0 Å². The van der Waals surface area contributed by atoms with E-state index >= 15 is 0 Å². The van der Waals surface area contributed by atoms with Crippen LogP contribution in [0.3, 0.4) is 0 Å². The van der Waals surface area contributed by atoms with E-state index in [4.69, 9.17) is 23.7 Å². The summed E-state index contributed by atoms with van der Waals surface area (Å²) in [5, 5.41) is 2.97. The normalized spacial score (nSPS) is 11.5. The molecule has 0 aliphatic rings. The third kappa shape index (κ3) is 10.8. The van der Waals surface area contributed by atoms with Gasteiger partial charge in [0.2, 0.25) is 0 Å². The number of nitrogens with one attached hydrogen (secondary N) is 1. The second-order valence-electron chi connectivity index (χ2n) is 7.47. The Morgan fingerprint density at radius 3 is 2.15 bits per heavy atom. The number of carbonyl (C=O) groups is 4. The van der Waals surface area contributed by atoms with Crippen molar-refractivity contribution >= 4 is 24.1 Å². The van der Waals surface area contributed by atoms with E-state index in [0.717, 1.165) is 0 Å². The molecule has 0 aliphatic carbocycles. The van der Waals surface area contributed by atoms with Crippen molar-refractivity contribution in [2.45, 2.75) is 53.0 Å². The van der Waals surface area contributed by atoms with Crippen LogP contribution in [0, 0.1) is 5.92 Å². The molecule has 1 aromatic carbocycles. The Balaban J connectivity index is 2.83.